The van der Waals surface area contributed by atoms with Crippen LogP contribution in [0.3, 0.4) is 0 Å². The Bertz CT molecular complexity index is 1480. The Hall–Kier alpha value is -3.68. The summed E-state index contributed by atoms with van der Waals surface area (Å²) < 4.78 is 27.6. The van der Waals surface area contributed by atoms with E-state index >= 15 is 0 Å². The van der Waals surface area contributed by atoms with E-state index in [9.17, 15) is 18.0 Å². The number of hydrogen-bond donors (Lipinski definition) is 4. The van der Waals surface area contributed by atoms with Gasteiger partial charge in [0.05, 0.1) is 10.0 Å². The van der Waals surface area contributed by atoms with Gasteiger partial charge in [0, 0.05) is 24.4 Å². The number of H-pyrrole nitrogens is 1. The van der Waals surface area contributed by atoms with Gasteiger partial charge in [0.25, 0.3) is 15.6 Å². The molecule has 4 aromatic rings. The summed E-state index contributed by atoms with van der Waals surface area (Å²) in [5.74, 6) is 0.167. The van der Waals surface area contributed by atoms with Gasteiger partial charge < -0.3 is 5.32 Å². The first-order valence-electron chi connectivity index (χ1n) is 9.29. The molecule has 0 radical (unpaired) electrons. The third-order valence-corrected chi connectivity index (χ3v) is 7.40. The van der Waals surface area contributed by atoms with E-state index in [1.54, 1.807) is 7.05 Å². The molecule has 1 aromatic carbocycles. The molecule has 0 unspecified atom stereocenters. The molecule has 11 nitrogen and oxygen atoms in total. The summed E-state index contributed by atoms with van der Waals surface area (Å²) in [6.45, 7) is 0. The van der Waals surface area contributed by atoms with Crippen molar-refractivity contribution in [1.29, 1.82) is 0 Å². The average Bonchev–Trinajstić information content (AvgIpc) is 3.40. The number of aromatic amines is 1. The lowest BCUT2D eigenvalue weighted by Crippen LogP contribution is -2.34. The molecular weight excluding hydrogens is 490 g/mol. The van der Waals surface area contributed by atoms with Crippen molar-refractivity contribution in [2.24, 2.45) is 0 Å². The molecule has 4 rings (SSSR count). The van der Waals surface area contributed by atoms with E-state index < -0.39 is 16.1 Å². The molecule has 0 aliphatic heterocycles. The fraction of sp³-hybridized carbons (Fsp3) is 0.0526. The Morgan fingerprint density at radius 2 is 1.94 bits per heavy atom. The number of aromatic nitrogens is 4. The molecule has 3 heterocycles. The number of rotatable bonds is 6. The fourth-order valence-corrected chi connectivity index (χ4v) is 5.21. The first-order chi connectivity index (χ1) is 15.7. The quantitative estimate of drug-likeness (QED) is 0.314. The molecule has 4 N–H and O–H groups in total. The van der Waals surface area contributed by atoms with Gasteiger partial charge in [-0.1, -0.05) is 23.7 Å². The smallest absolute Gasteiger partial charge is 0.334 e. The van der Waals surface area contributed by atoms with E-state index in [1.807, 2.05) is 29.0 Å². The number of anilines is 2. The SMILES string of the molecule is CNc1cccc(-c2cc(=O)n(-c3ccc(NC(=O)NS(=O)(=O)c4ccc(Cl)s4)nn3)[nH]2)c1. The normalized spacial score (nSPS) is 11.2. The molecule has 0 saturated heterocycles. The molecule has 170 valence electrons. The van der Waals surface area contributed by atoms with Crippen molar-refractivity contribution >= 4 is 50.5 Å². The van der Waals surface area contributed by atoms with Crippen LogP contribution in [-0.4, -0.2) is 41.5 Å². The standard InChI is InChI=1S/C19H16ClN7O4S2/c1-21-12-4-2-3-11(9-12)13-10-17(28)27(25-13)16-7-6-15(23-24-16)22-19(29)26-33(30,31)18-8-5-14(20)32-18/h2-10,21,25H,1H3,(H2,22,23,26,29). The maximum Gasteiger partial charge on any atom is 0.334 e. The van der Waals surface area contributed by atoms with Gasteiger partial charge in [-0.2, -0.15) is 4.68 Å². The summed E-state index contributed by atoms with van der Waals surface area (Å²) in [6, 6.07) is 13.4. The Labute approximate surface area is 196 Å². The van der Waals surface area contributed by atoms with Gasteiger partial charge in [-0.25, -0.2) is 17.9 Å². The van der Waals surface area contributed by atoms with Crippen LogP contribution in [0.4, 0.5) is 16.3 Å². The van der Waals surface area contributed by atoms with Gasteiger partial charge in [0.1, 0.15) is 4.21 Å². The van der Waals surface area contributed by atoms with Crippen LogP contribution in [0.5, 0.6) is 0 Å². The molecule has 0 atom stereocenters. The number of carbonyl (C=O) groups excluding carboxylic acids is 1. The third-order valence-electron chi connectivity index (χ3n) is 4.34. The number of hydrogen-bond acceptors (Lipinski definition) is 8. The molecule has 3 aromatic heterocycles. The van der Waals surface area contributed by atoms with Gasteiger partial charge in [-0.15, -0.1) is 21.5 Å². The second-order valence-corrected chi connectivity index (χ2v) is 10.2. The zero-order valence-corrected chi connectivity index (χ0v) is 19.3. The minimum Gasteiger partial charge on any atom is -0.388 e. The molecule has 0 aliphatic carbocycles. The molecule has 0 spiro atoms. The minimum absolute atomic E-state index is 0.0165. The van der Waals surface area contributed by atoms with Crippen LogP contribution >= 0.6 is 22.9 Å². The van der Waals surface area contributed by atoms with E-state index in [-0.39, 0.29) is 25.7 Å². The summed E-state index contributed by atoms with van der Waals surface area (Å²) in [5, 5.41) is 16.0. The number of benzene rings is 1. The maximum absolute atomic E-state index is 12.4. The van der Waals surface area contributed by atoms with Crippen molar-refractivity contribution in [2.45, 2.75) is 4.21 Å². The van der Waals surface area contributed by atoms with Crippen molar-refractivity contribution in [2.75, 3.05) is 17.7 Å². The summed E-state index contributed by atoms with van der Waals surface area (Å²) >= 11 is 6.55. The number of halogens is 1. The van der Waals surface area contributed by atoms with Crippen molar-refractivity contribution in [3.05, 3.63) is 69.3 Å². The summed E-state index contributed by atoms with van der Waals surface area (Å²) in [6.07, 6.45) is 0. The van der Waals surface area contributed by atoms with E-state index in [0.717, 1.165) is 22.6 Å². The third kappa shape index (κ3) is 5.05. The predicted molar refractivity (Wildman–Crippen MR) is 126 cm³/mol. The van der Waals surface area contributed by atoms with Gasteiger partial charge in [0.15, 0.2) is 11.6 Å². The van der Waals surface area contributed by atoms with Gasteiger partial charge >= 0.3 is 6.03 Å². The number of urea groups is 1. The van der Waals surface area contributed by atoms with Crippen molar-refractivity contribution < 1.29 is 13.2 Å². The minimum atomic E-state index is -4.08. The second-order valence-electron chi connectivity index (χ2n) is 6.57. The monoisotopic (exact) mass is 505 g/mol. The van der Waals surface area contributed by atoms with E-state index in [1.165, 1.54) is 35.0 Å². The number of sulfonamides is 1. The lowest BCUT2D eigenvalue weighted by atomic mass is 10.1. The van der Waals surface area contributed by atoms with Crippen molar-refractivity contribution in [3.63, 3.8) is 0 Å². The van der Waals surface area contributed by atoms with Crippen LogP contribution in [0.1, 0.15) is 0 Å². The Morgan fingerprint density at radius 1 is 1.12 bits per heavy atom. The summed E-state index contributed by atoms with van der Waals surface area (Å²) in [4.78, 5) is 24.5. The Morgan fingerprint density at radius 3 is 2.61 bits per heavy atom. The number of thiophene rings is 1. The van der Waals surface area contributed by atoms with Crippen molar-refractivity contribution in [1.82, 2.24) is 24.7 Å². The molecule has 0 saturated carbocycles. The zero-order chi connectivity index (χ0) is 23.6. The highest BCUT2D eigenvalue weighted by atomic mass is 35.5. The van der Waals surface area contributed by atoms with E-state index in [4.69, 9.17) is 11.6 Å². The van der Waals surface area contributed by atoms with Crippen LogP contribution < -0.4 is 20.9 Å². The van der Waals surface area contributed by atoms with E-state index in [0.29, 0.717) is 5.69 Å². The van der Waals surface area contributed by atoms with Gasteiger partial charge in [0.2, 0.25) is 0 Å². The first kappa shape index (κ1) is 22.5. The van der Waals surface area contributed by atoms with Gasteiger partial charge in [-0.05, 0) is 36.4 Å². The lowest BCUT2D eigenvalue weighted by Gasteiger charge is -2.07. The molecule has 2 amide bonds. The highest BCUT2D eigenvalue weighted by Gasteiger charge is 2.20. The number of carbonyl (C=O) groups is 1. The van der Waals surface area contributed by atoms with Crippen LogP contribution in [0.25, 0.3) is 17.1 Å². The average molecular weight is 506 g/mol. The van der Waals surface area contributed by atoms with Crippen LogP contribution in [-0.2, 0) is 10.0 Å². The predicted octanol–water partition coefficient (Wildman–Crippen LogP) is 2.89. The molecule has 0 bridgehead atoms. The van der Waals surface area contributed by atoms with E-state index in [2.05, 4.69) is 25.9 Å². The number of nitrogens with zero attached hydrogens (tertiary/aromatic N) is 3. The molecule has 33 heavy (non-hydrogen) atoms. The summed E-state index contributed by atoms with van der Waals surface area (Å²) in [7, 11) is -2.28. The molecule has 14 heteroatoms. The Kier molecular flexibility index (Phi) is 6.18. The molecule has 0 fully saturated rings. The molecular formula is C19H16ClN7O4S2. The van der Waals surface area contributed by atoms with Gasteiger partial charge in [-0.3, -0.25) is 15.2 Å². The summed E-state index contributed by atoms with van der Waals surface area (Å²) in [5.41, 5.74) is 1.92. The maximum atomic E-state index is 12.4. The first-order valence-corrected chi connectivity index (χ1v) is 12.0. The zero-order valence-electron chi connectivity index (χ0n) is 16.9. The number of nitrogens with one attached hydrogen (secondary N) is 4. The highest BCUT2D eigenvalue weighted by Crippen LogP contribution is 2.25. The number of amides is 2. The van der Waals surface area contributed by atoms with Crippen LogP contribution in [0, 0.1) is 0 Å². The second kappa shape index (κ2) is 9.05. The fourth-order valence-electron chi connectivity index (χ4n) is 2.82. The lowest BCUT2D eigenvalue weighted by molar-refractivity contribution is 0.256. The molecule has 0 aliphatic rings. The highest BCUT2D eigenvalue weighted by molar-refractivity contribution is 7.92. The largest absolute Gasteiger partial charge is 0.388 e. The van der Waals surface area contributed by atoms with Crippen molar-refractivity contribution in [3.8, 4) is 17.1 Å². The topological polar surface area (TPSA) is 151 Å². The van der Waals surface area contributed by atoms with Crippen LogP contribution in [0.15, 0.2) is 63.6 Å². The Balaban J connectivity index is 1.48. The van der Waals surface area contributed by atoms with Crippen LogP contribution in [0.2, 0.25) is 4.34 Å².